The second kappa shape index (κ2) is 6.11. The van der Waals surface area contributed by atoms with Gasteiger partial charge in [-0.05, 0) is 41.9 Å². The number of hydrogen-bond donors (Lipinski definition) is 1. The molecule has 0 bridgehead atoms. The van der Waals surface area contributed by atoms with Crippen molar-refractivity contribution in [3.8, 4) is 10.8 Å². The van der Waals surface area contributed by atoms with Gasteiger partial charge < -0.3 is 5.32 Å². The van der Waals surface area contributed by atoms with Crippen molar-refractivity contribution in [1.29, 1.82) is 0 Å². The average Bonchev–Trinajstić information content (AvgIpc) is 3.19. The second-order valence-electron chi connectivity index (χ2n) is 4.77. The predicted molar refractivity (Wildman–Crippen MR) is 91.6 cm³/mol. The summed E-state index contributed by atoms with van der Waals surface area (Å²) in [7, 11) is 0. The molecule has 4 nitrogen and oxygen atoms in total. The Labute approximate surface area is 140 Å². The van der Waals surface area contributed by atoms with Gasteiger partial charge in [0.15, 0.2) is 10.8 Å². The van der Waals surface area contributed by atoms with Gasteiger partial charge in [0.05, 0.1) is 15.5 Å². The molecule has 0 spiro atoms. The van der Waals surface area contributed by atoms with Gasteiger partial charge in [0.1, 0.15) is 10.2 Å². The zero-order valence-corrected chi connectivity index (χ0v) is 14.7. The fourth-order valence-corrected chi connectivity index (χ4v) is 3.62. The Morgan fingerprint density at radius 2 is 2.25 bits per heavy atom. The van der Waals surface area contributed by atoms with E-state index in [9.17, 15) is 0 Å². The molecular formula is C13H14ClIN4S. The third kappa shape index (κ3) is 3.07. The van der Waals surface area contributed by atoms with Gasteiger partial charge in [-0.25, -0.2) is 15.0 Å². The molecule has 20 heavy (non-hydrogen) atoms. The van der Waals surface area contributed by atoms with Gasteiger partial charge in [-0.15, -0.1) is 0 Å². The van der Waals surface area contributed by atoms with E-state index < -0.39 is 0 Å². The van der Waals surface area contributed by atoms with E-state index in [-0.39, 0.29) is 0 Å². The summed E-state index contributed by atoms with van der Waals surface area (Å²) in [5, 5.41) is 4.17. The van der Waals surface area contributed by atoms with Gasteiger partial charge in [-0.3, -0.25) is 0 Å². The molecule has 2 aromatic rings. The Hall–Kier alpha value is -0.470. The van der Waals surface area contributed by atoms with Crippen LogP contribution in [0.1, 0.15) is 37.8 Å². The van der Waals surface area contributed by atoms with Crippen molar-refractivity contribution < 1.29 is 0 Å². The zero-order valence-electron chi connectivity index (χ0n) is 11.0. The summed E-state index contributed by atoms with van der Waals surface area (Å²) in [6.45, 7) is 3.06. The first-order chi connectivity index (χ1) is 9.69. The largest absolute Gasteiger partial charge is 0.369 e. The number of halogens is 2. The second-order valence-corrected chi connectivity index (χ2v) is 7.51. The van der Waals surface area contributed by atoms with Gasteiger partial charge in [0.25, 0.3) is 0 Å². The number of nitrogens with one attached hydrogen (secondary N) is 1. The fraction of sp³-hybridized carbons (Fsp3) is 0.462. The lowest BCUT2D eigenvalue weighted by atomic mass is 10.2. The lowest BCUT2D eigenvalue weighted by Crippen LogP contribution is -2.08. The summed E-state index contributed by atoms with van der Waals surface area (Å²) in [4.78, 5) is 13.6. The van der Waals surface area contributed by atoms with Crippen LogP contribution >= 0.6 is 45.5 Å². The molecule has 1 fully saturated rings. The topological polar surface area (TPSA) is 50.7 Å². The smallest absolute Gasteiger partial charge is 0.191 e. The van der Waals surface area contributed by atoms with Crippen LogP contribution in [-0.2, 0) is 0 Å². The normalized spacial score (nSPS) is 14.6. The summed E-state index contributed by atoms with van der Waals surface area (Å²) < 4.78 is 1.81. The first kappa shape index (κ1) is 14.5. The standard InChI is InChI=1S/C13H14ClIN4S/c1-2-5-16-11-9(15)10(7-3-4-7)18-12(19-11)13-17-6-8(14)20-13/h6-7H,2-5H2,1H3,(H,16,18,19). The highest BCUT2D eigenvalue weighted by Gasteiger charge is 2.29. The molecular weight excluding hydrogens is 407 g/mol. The van der Waals surface area contributed by atoms with E-state index in [1.807, 2.05) is 0 Å². The molecule has 0 radical (unpaired) electrons. The molecule has 0 atom stereocenters. The molecule has 2 aromatic heterocycles. The van der Waals surface area contributed by atoms with Crippen LogP contribution in [0.4, 0.5) is 5.82 Å². The summed E-state index contributed by atoms with van der Waals surface area (Å²) in [6, 6.07) is 0. The maximum atomic E-state index is 5.96. The molecule has 1 N–H and O–H groups in total. The lowest BCUT2D eigenvalue weighted by Gasteiger charge is -2.11. The van der Waals surface area contributed by atoms with E-state index in [1.54, 1.807) is 6.20 Å². The van der Waals surface area contributed by atoms with E-state index in [2.05, 4.69) is 44.8 Å². The Morgan fingerprint density at radius 3 is 2.85 bits per heavy atom. The van der Waals surface area contributed by atoms with Crippen LogP contribution in [-0.4, -0.2) is 21.5 Å². The third-order valence-electron chi connectivity index (χ3n) is 3.05. The van der Waals surface area contributed by atoms with Gasteiger partial charge in [-0.2, -0.15) is 0 Å². The molecule has 2 heterocycles. The number of rotatable bonds is 5. The highest BCUT2D eigenvalue weighted by atomic mass is 127. The van der Waals surface area contributed by atoms with E-state index in [0.29, 0.717) is 16.1 Å². The SMILES string of the molecule is CCCNc1nc(-c2ncc(Cl)s2)nc(C2CC2)c1I. The van der Waals surface area contributed by atoms with Crippen LogP contribution < -0.4 is 5.32 Å². The van der Waals surface area contributed by atoms with Crippen LogP contribution in [0.15, 0.2) is 6.20 Å². The highest BCUT2D eigenvalue weighted by molar-refractivity contribution is 14.1. The fourth-order valence-electron chi connectivity index (χ4n) is 1.91. The maximum absolute atomic E-state index is 5.96. The number of hydrogen-bond acceptors (Lipinski definition) is 5. The summed E-state index contributed by atoms with van der Waals surface area (Å²) in [5.41, 5.74) is 1.15. The molecule has 1 saturated carbocycles. The van der Waals surface area contributed by atoms with Crippen molar-refractivity contribution >= 4 is 51.3 Å². The van der Waals surface area contributed by atoms with Crippen molar-refractivity contribution in [3.05, 3.63) is 19.8 Å². The molecule has 0 aromatic carbocycles. The predicted octanol–water partition coefficient (Wildman–Crippen LogP) is 4.56. The molecule has 0 unspecified atom stereocenters. The minimum Gasteiger partial charge on any atom is -0.369 e. The zero-order chi connectivity index (χ0) is 14.1. The quantitative estimate of drug-likeness (QED) is 0.721. The van der Waals surface area contributed by atoms with E-state index in [4.69, 9.17) is 16.6 Å². The molecule has 0 aliphatic heterocycles. The Bertz CT molecular complexity index is 627. The van der Waals surface area contributed by atoms with Crippen LogP contribution in [0, 0.1) is 3.57 Å². The summed E-state index contributed by atoms with van der Waals surface area (Å²) in [5.74, 6) is 2.19. The number of nitrogens with zero attached hydrogens (tertiary/aromatic N) is 3. The maximum Gasteiger partial charge on any atom is 0.191 e. The molecule has 0 saturated heterocycles. The number of thiazole rings is 1. The lowest BCUT2D eigenvalue weighted by molar-refractivity contribution is 0.938. The first-order valence-corrected chi connectivity index (χ1v) is 8.89. The molecule has 7 heteroatoms. The number of aromatic nitrogens is 3. The third-order valence-corrected chi connectivity index (χ3v) is 5.23. The monoisotopic (exact) mass is 420 g/mol. The molecule has 0 amide bonds. The highest BCUT2D eigenvalue weighted by Crippen LogP contribution is 2.43. The van der Waals surface area contributed by atoms with Crippen LogP contribution in [0.3, 0.4) is 0 Å². The summed E-state index contributed by atoms with van der Waals surface area (Å²) >= 11 is 9.73. The van der Waals surface area contributed by atoms with Crippen molar-refractivity contribution in [2.45, 2.75) is 32.1 Å². The molecule has 1 aliphatic carbocycles. The van der Waals surface area contributed by atoms with E-state index in [0.717, 1.165) is 33.1 Å². The van der Waals surface area contributed by atoms with E-state index in [1.165, 1.54) is 24.2 Å². The molecule has 106 valence electrons. The van der Waals surface area contributed by atoms with Crippen molar-refractivity contribution in [1.82, 2.24) is 15.0 Å². The minimum absolute atomic E-state index is 0.585. The van der Waals surface area contributed by atoms with Gasteiger partial charge >= 0.3 is 0 Å². The van der Waals surface area contributed by atoms with E-state index >= 15 is 0 Å². The van der Waals surface area contributed by atoms with Crippen molar-refractivity contribution in [2.24, 2.45) is 0 Å². The van der Waals surface area contributed by atoms with Gasteiger partial charge in [0.2, 0.25) is 0 Å². The molecule has 3 rings (SSSR count). The minimum atomic E-state index is 0.585. The first-order valence-electron chi connectivity index (χ1n) is 6.62. The Balaban J connectivity index is 2.03. The van der Waals surface area contributed by atoms with Crippen LogP contribution in [0.25, 0.3) is 10.8 Å². The van der Waals surface area contributed by atoms with Gasteiger partial charge in [-0.1, -0.05) is 29.9 Å². The Kier molecular flexibility index (Phi) is 4.42. The van der Waals surface area contributed by atoms with Gasteiger partial charge in [0, 0.05) is 12.5 Å². The average molecular weight is 421 g/mol. The summed E-state index contributed by atoms with van der Waals surface area (Å²) in [6.07, 6.45) is 5.16. The number of anilines is 1. The van der Waals surface area contributed by atoms with Crippen molar-refractivity contribution in [3.63, 3.8) is 0 Å². The Morgan fingerprint density at radius 1 is 1.45 bits per heavy atom. The molecule has 1 aliphatic rings. The van der Waals surface area contributed by atoms with Crippen molar-refractivity contribution in [2.75, 3.05) is 11.9 Å². The van der Waals surface area contributed by atoms with Crippen LogP contribution in [0.5, 0.6) is 0 Å². The van der Waals surface area contributed by atoms with Crippen LogP contribution in [0.2, 0.25) is 4.34 Å².